The molecule has 0 spiro atoms. The van der Waals surface area contributed by atoms with Crippen LogP contribution in [0.2, 0.25) is 0 Å². The van der Waals surface area contributed by atoms with Crippen LogP contribution in [0.25, 0.3) is 0 Å². The molecule has 0 bridgehead atoms. The monoisotopic (exact) mass is 1910 g/mol. The first-order valence-electron chi connectivity index (χ1n) is 51.4. The number of unbranched alkanes of at least 4 members (excludes halogenated alkanes) is 17. The molecule has 1 aliphatic rings. The summed E-state index contributed by atoms with van der Waals surface area (Å²) in [6.45, 7) is -0.460. The van der Waals surface area contributed by atoms with E-state index >= 15 is 47.9 Å². The maximum absolute atomic E-state index is 15.6. The molecule has 31 nitrogen and oxygen atoms in total. The van der Waals surface area contributed by atoms with Gasteiger partial charge in [-0.15, -0.1) is 0 Å². The number of nitrogens with zero attached hydrogens (tertiary/aromatic N) is 6. The van der Waals surface area contributed by atoms with Crippen LogP contribution in [0, 0.1) is 0 Å². The summed E-state index contributed by atoms with van der Waals surface area (Å²) in [6, 6.07) is 41.6. The van der Waals surface area contributed by atoms with Crippen LogP contribution in [-0.4, -0.2) is 254 Å². The van der Waals surface area contributed by atoms with E-state index in [0.717, 1.165) is 53.5 Å². The van der Waals surface area contributed by atoms with Crippen LogP contribution in [0.1, 0.15) is 259 Å². The summed E-state index contributed by atoms with van der Waals surface area (Å²) in [6.07, 6.45) is 21.4. The lowest BCUT2D eigenvalue weighted by molar-refractivity contribution is -0.139. The highest BCUT2D eigenvalue weighted by Crippen LogP contribution is 2.21. The Kier molecular flexibility index (Phi) is 59.2. The highest BCUT2D eigenvalue weighted by atomic mass is 16.2. The maximum Gasteiger partial charge on any atom is 0.239 e. The van der Waals surface area contributed by atoms with Gasteiger partial charge in [0.25, 0.3) is 0 Å². The van der Waals surface area contributed by atoms with Gasteiger partial charge < -0.3 is 95.7 Å². The Morgan fingerprint density at radius 3 is 0.986 bits per heavy atom. The van der Waals surface area contributed by atoms with Crippen molar-refractivity contribution in [2.45, 2.75) is 300 Å². The number of benzene rings is 5. The third-order valence-corrected chi connectivity index (χ3v) is 25.3. The van der Waals surface area contributed by atoms with Crippen LogP contribution in [0.15, 0.2) is 152 Å². The second-order valence-electron chi connectivity index (χ2n) is 37.2. The van der Waals surface area contributed by atoms with E-state index in [4.69, 9.17) is 34.4 Å². The Balaban J connectivity index is 1.48. The summed E-state index contributed by atoms with van der Waals surface area (Å²) >= 11 is 0. The van der Waals surface area contributed by atoms with Crippen molar-refractivity contribution in [1.29, 1.82) is 0 Å². The first kappa shape index (κ1) is 116. The molecule has 0 aliphatic carbocycles. The van der Waals surface area contributed by atoms with E-state index in [2.05, 4.69) is 38.8 Å². The summed E-state index contributed by atoms with van der Waals surface area (Å²) < 4.78 is 0. The molecule has 5 aromatic carbocycles. The number of amides is 13. The Morgan fingerprint density at radius 2 is 0.659 bits per heavy atom. The standard InChI is InChI=1S/C107H166N18O13/c1-2-3-4-5-6-7-8-9-10-11-12-13-29-55-102(133)120(78-95(113)126)72-90(51-31-36-67-109)115-100(131)82-125-77-94(71-88-48-27-18-28-49-88)119-101(132)83-124(106(137)64-59-87-46-25-17-26-47-87)76-93(54-34-39-70-112)118-99(130)81-123(105(136)63-58-86-44-23-16-24-45-86)75-92(53-33-38-69-111)117-98(129)80-122(104(135)62-57-85-42-21-15-22-43-85)74-91(52-32-37-68-110)116-97(128)79-121(103(134)61-56-84-40-19-14-20-41-84)73-89(50-30-35-66-108)114-96(127)60-65-107(125)138/h14-28,40-49,89-94H,2-13,29-39,50-83,108-112H2,1H3,(H2,113,126)(H,114,127)(H,115,131)(H,116,128)(H,117,129)(H,118,130)(H,119,132)/t89-,90-,91-,92-,93-,94-/m0/s1. The van der Waals surface area contributed by atoms with E-state index in [1.54, 1.807) is 0 Å². The van der Waals surface area contributed by atoms with Gasteiger partial charge in [-0.1, -0.05) is 268 Å². The van der Waals surface area contributed by atoms with Crippen molar-refractivity contribution in [1.82, 2.24) is 61.3 Å². The molecule has 0 saturated carbocycles. The van der Waals surface area contributed by atoms with Gasteiger partial charge in [0.2, 0.25) is 76.8 Å². The van der Waals surface area contributed by atoms with Crippen molar-refractivity contribution in [3.05, 3.63) is 179 Å². The third-order valence-electron chi connectivity index (χ3n) is 25.3. The van der Waals surface area contributed by atoms with Gasteiger partial charge in [-0.2, -0.15) is 0 Å². The van der Waals surface area contributed by atoms with E-state index in [1.165, 1.54) is 80.8 Å². The number of primary amides is 1. The van der Waals surface area contributed by atoms with Crippen LogP contribution in [-0.2, 0) is 94.4 Å². The number of aryl methyl sites for hydroxylation is 4. The zero-order valence-electron chi connectivity index (χ0n) is 82.7. The number of rotatable bonds is 55. The number of carbonyl (C=O) groups is 13. The van der Waals surface area contributed by atoms with Gasteiger partial charge in [-0.3, -0.25) is 62.3 Å². The summed E-state index contributed by atoms with van der Waals surface area (Å²) in [5.74, 6) is -7.10. The fourth-order valence-electron chi connectivity index (χ4n) is 17.7. The van der Waals surface area contributed by atoms with Crippen LogP contribution in [0.5, 0.6) is 0 Å². The zero-order valence-corrected chi connectivity index (χ0v) is 82.7. The zero-order chi connectivity index (χ0) is 99.5. The first-order chi connectivity index (χ1) is 67.0. The van der Waals surface area contributed by atoms with Crippen LogP contribution >= 0.6 is 0 Å². The second kappa shape index (κ2) is 70.6. The minimum atomic E-state index is -1.01. The number of hydrogen-bond acceptors (Lipinski definition) is 18. The summed E-state index contributed by atoms with van der Waals surface area (Å²) in [5.41, 5.74) is 40.6. The minimum absolute atomic E-state index is 0.0265. The van der Waals surface area contributed by atoms with Gasteiger partial charge in [0, 0.05) is 114 Å². The molecule has 5 aromatic rings. The fourth-order valence-corrected chi connectivity index (χ4v) is 17.7. The lowest BCUT2D eigenvalue weighted by Crippen LogP contribution is -2.55. The molecule has 138 heavy (non-hydrogen) atoms. The molecular weight excluding hydrogens is 1750 g/mol. The van der Waals surface area contributed by atoms with Gasteiger partial charge in [0.05, 0.1) is 45.3 Å². The SMILES string of the molecule is CCCCCCCCCCCCCCCC(=O)N(CC(N)=O)C[C@H](CCCCN)NC(=O)CN1C[C@H](Cc2ccccc2)NC(=O)CN(C(=O)CCc2ccccc2)C[C@H](CCCCN)NC(=O)CN(C(=O)CCc2ccccc2)C[C@H](CCCCN)NC(=O)CN(C(=O)CCc2ccccc2)C[C@H](CCCCN)NC(=O)CN(C(=O)CCc2ccccc2)C[C@H](CCCCN)NC(=O)CCC1=O. The predicted octanol–water partition coefficient (Wildman–Crippen LogP) is 9.05. The lowest BCUT2D eigenvalue weighted by atomic mass is 10.0. The van der Waals surface area contributed by atoms with E-state index in [0.29, 0.717) is 142 Å². The summed E-state index contributed by atoms with van der Waals surface area (Å²) in [7, 11) is 0. The molecule has 6 rings (SSSR count). The van der Waals surface area contributed by atoms with E-state index in [9.17, 15) is 14.4 Å². The van der Waals surface area contributed by atoms with Crippen LogP contribution < -0.4 is 66.3 Å². The molecule has 0 unspecified atom stereocenters. The largest absolute Gasteiger partial charge is 0.368 e. The average molecular weight is 1910 g/mol. The minimum Gasteiger partial charge on any atom is -0.368 e. The van der Waals surface area contributed by atoms with E-state index < -0.39 is 159 Å². The van der Waals surface area contributed by atoms with Crippen molar-refractivity contribution < 1.29 is 62.3 Å². The Bertz CT molecular complexity index is 4320. The first-order valence-corrected chi connectivity index (χ1v) is 51.4. The van der Waals surface area contributed by atoms with Crippen molar-refractivity contribution in [3.63, 3.8) is 0 Å². The summed E-state index contributed by atoms with van der Waals surface area (Å²) in [5, 5.41) is 18.8. The molecule has 762 valence electrons. The Morgan fingerprint density at radius 1 is 0.355 bits per heavy atom. The molecule has 0 radical (unpaired) electrons. The molecule has 6 atom stereocenters. The van der Waals surface area contributed by atoms with Crippen LogP contribution in [0.4, 0.5) is 0 Å². The molecule has 1 heterocycles. The maximum atomic E-state index is 15.6. The number of carbonyl (C=O) groups excluding carboxylic acids is 13. The fraction of sp³-hybridized carbons (Fsp3) is 0.598. The molecule has 1 aliphatic heterocycles. The smallest absolute Gasteiger partial charge is 0.239 e. The topological polar surface area (TPSA) is 470 Å². The van der Waals surface area contributed by atoms with Gasteiger partial charge in [0.15, 0.2) is 0 Å². The lowest BCUT2D eigenvalue weighted by Gasteiger charge is -2.33. The molecule has 1 saturated heterocycles. The van der Waals surface area contributed by atoms with Crippen molar-refractivity contribution in [2.75, 3.05) is 111 Å². The predicted molar refractivity (Wildman–Crippen MR) is 544 cm³/mol. The number of nitrogens with two attached hydrogens (primary N) is 6. The molecule has 18 N–H and O–H groups in total. The van der Waals surface area contributed by atoms with Gasteiger partial charge in [-0.05, 0) is 163 Å². The Hall–Kier alpha value is -11.0. The summed E-state index contributed by atoms with van der Waals surface area (Å²) in [4.78, 5) is 203. The van der Waals surface area contributed by atoms with Crippen LogP contribution in [0.3, 0.4) is 0 Å². The normalized spacial score (nSPS) is 17.2. The average Bonchev–Trinajstić information content (AvgIpc) is 0.871. The second-order valence-corrected chi connectivity index (χ2v) is 37.2. The van der Waals surface area contributed by atoms with Crippen molar-refractivity contribution in [3.8, 4) is 0 Å². The molecule has 0 aromatic heterocycles. The molecule has 13 amide bonds. The molecule has 1 fully saturated rings. The van der Waals surface area contributed by atoms with E-state index in [-0.39, 0.29) is 103 Å². The number of nitrogens with one attached hydrogen (secondary N) is 6. The molecule has 31 heteroatoms. The van der Waals surface area contributed by atoms with Gasteiger partial charge in [0.1, 0.15) is 0 Å². The van der Waals surface area contributed by atoms with E-state index in [1.807, 2.05) is 152 Å². The quantitative estimate of drug-likeness (QED) is 0.0161. The highest BCUT2D eigenvalue weighted by molar-refractivity contribution is 5.91. The van der Waals surface area contributed by atoms with Gasteiger partial charge >= 0.3 is 0 Å². The molecular formula is C107H166N18O13. The van der Waals surface area contributed by atoms with Gasteiger partial charge in [-0.25, -0.2) is 0 Å². The Labute approximate surface area is 821 Å². The van der Waals surface area contributed by atoms with Crippen molar-refractivity contribution in [2.24, 2.45) is 34.4 Å². The van der Waals surface area contributed by atoms with Crippen molar-refractivity contribution >= 4 is 76.8 Å². The number of hydrogen-bond donors (Lipinski definition) is 12. The highest BCUT2D eigenvalue weighted by Gasteiger charge is 2.34. The third kappa shape index (κ3) is 51.1.